The van der Waals surface area contributed by atoms with Crippen LogP contribution >= 0.6 is 9.39 Å². The van der Waals surface area contributed by atoms with Crippen molar-refractivity contribution in [2.45, 2.75) is 18.5 Å². The van der Waals surface area contributed by atoms with Crippen molar-refractivity contribution in [1.82, 2.24) is 4.67 Å². The third kappa shape index (κ3) is 1.85. The van der Waals surface area contributed by atoms with E-state index in [4.69, 9.17) is 10.6 Å². The number of carboxylic acids is 1. The summed E-state index contributed by atoms with van der Waals surface area (Å²) >= 11 is 0. The quantitative estimate of drug-likeness (QED) is 0.298. The van der Waals surface area contributed by atoms with E-state index >= 15 is 0 Å². The standard InChI is InChI=1S/C5H9N4O2P/c6-8-7-3-1-4(5(10)11)9(12)2-3/h3-4H,1-2,12H2,(H,10,11). The normalized spacial score (nSPS) is 29.8. The van der Waals surface area contributed by atoms with Gasteiger partial charge in [0.2, 0.25) is 0 Å². The van der Waals surface area contributed by atoms with Crippen molar-refractivity contribution in [3.63, 3.8) is 0 Å². The summed E-state index contributed by atoms with van der Waals surface area (Å²) < 4.78 is 1.60. The molecule has 1 N–H and O–H groups in total. The monoisotopic (exact) mass is 188 g/mol. The summed E-state index contributed by atoms with van der Waals surface area (Å²) in [7, 11) is 2.32. The number of hydrogen-bond acceptors (Lipinski definition) is 3. The molecule has 12 heavy (non-hydrogen) atoms. The first kappa shape index (κ1) is 9.26. The zero-order chi connectivity index (χ0) is 9.14. The fourth-order valence-corrected chi connectivity index (χ4v) is 1.73. The third-order valence-electron chi connectivity index (χ3n) is 1.82. The van der Waals surface area contributed by atoms with Crippen LogP contribution in [0.2, 0.25) is 0 Å². The van der Waals surface area contributed by atoms with E-state index < -0.39 is 12.0 Å². The van der Waals surface area contributed by atoms with Crippen LogP contribution in [0.3, 0.4) is 0 Å². The average molecular weight is 188 g/mol. The van der Waals surface area contributed by atoms with Crippen LogP contribution in [0.4, 0.5) is 0 Å². The number of rotatable bonds is 2. The Kier molecular flexibility index (Phi) is 2.87. The van der Waals surface area contributed by atoms with Gasteiger partial charge in [-0.3, -0.25) is 9.46 Å². The summed E-state index contributed by atoms with van der Waals surface area (Å²) in [6.45, 7) is 0.492. The maximum Gasteiger partial charge on any atom is 0.321 e. The Labute approximate surface area is 71.4 Å². The average Bonchev–Trinajstić information content (AvgIpc) is 2.32. The number of hydrogen-bond donors (Lipinski definition) is 1. The van der Waals surface area contributed by atoms with E-state index in [9.17, 15) is 4.79 Å². The molecule has 3 unspecified atom stereocenters. The summed E-state index contributed by atoms with van der Waals surface area (Å²) in [6, 6.07) is -0.751. The van der Waals surface area contributed by atoms with Crippen molar-refractivity contribution in [1.29, 1.82) is 0 Å². The van der Waals surface area contributed by atoms with Crippen LogP contribution < -0.4 is 0 Å². The minimum Gasteiger partial charge on any atom is -0.480 e. The van der Waals surface area contributed by atoms with Gasteiger partial charge in [-0.1, -0.05) is 14.5 Å². The lowest BCUT2D eigenvalue weighted by atomic mass is 10.2. The number of azide groups is 1. The first-order chi connectivity index (χ1) is 5.65. The third-order valence-corrected chi connectivity index (χ3v) is 2.39. The number of aliphatic carboxylic acids is 1. The summed E-state index contributed by atoms with van der Waals surface area (Å²) in [6.07, 6.45) is 0.392. The predicted octanol–water partition coefficient (Wildman–Crippen LogP) is 0.614. The molecule has 0 amide bonds. The lowest BCUT2D eigenvalue weighted by Gasteiger charge is -2.12. The Hall–Kier alpha value is -0.830. The molecule has 0 aromatic rings. The molecule has 0 radical (unpaired) electrons. The van der Waals surface area contributed by atoms with E-state index in [-0.39, 0.29) is 6.04 Å². The second-order valence-corrected chi connectivity index (χ2v) is 3.31. The topological polar surface area (TPSA) is 89.3 Å². The highest BCUT2D eigenvalue weighted by Gasteiger charge is 2.33. The first-order valence-corrected chi connectivity index (χ1v) is 3.95. The molecule has 0 aromatic carbocycles. The number of carboxylic acid groups (broad SMARTS) is 1. The number of carbonyl (C=O) groups is 1. The van der Waals surface area contributed by atoms with Crippen LogP contribution in [-0.2, 0) is 4.79 Å². The predicted molar refractivity (Wildman–Crippen MR) is 45.4 cm³/mol. The van der Waals surface area contributed by atoms with Gasteiger partial charge in [-0.2, -0.15) is 0 Å². The molecule has 1 fully saturated rings. The summed E-state index contributed by atoms with van der Waals surface area (Å²) in [5.41, 5.74) is 8.12. The van der Waals surface area contributed by atoms with Gasteiger partial charge in [0, 0.05) is 11.5 Å². The van der Waals surface area contributed by atoms with Gasteiger partial charge in [0.25, 0.3) is 0 Å². The van der Waals surface area contributed by atoms with Crippen LogP contribution in [0.5, 0.6) is 0 Å². The lowest BCUT2D eigenvalue weighted by molar-refractivity contribution is -0.140. The van der Waals surface area contributed by atoms with E-state index in [1.54, 1.807) is 4.67 Å². The van der Waals surface area contributed by atoms with Gasteiger partial charge in [0.05, 0.1) is 6.04 Å². The molecule has 1 aliphatic rings. The van der Waals surface area contributed by atoms with Crippen molar-refractivity contribution in [3.05, 3.63) is 10.4 Å². The van der Waals surface area contributed by atoms with E-state index in [2.05, 4.69) is 19.4 Å². The Balaban J connectivity index is 2.61. The summed E-state index contributed by atoms with van der Waals surface area (Å²) in [5, 5.41) is 12.1. The minimum absolute atomic E-state index is 0.214. The SMILES string of the molecule is [N-]=[N+]=NC1CC(C(=O)O)N(P)C1. The fourth-order valence-electron chi connectivity index (χ4n) is 1.24. The van der Waals surface area contributed by atoms with Gasteiger partial charge in [-0.25, -0.2) is 0 Å². The van der Waals surface area contributed by atoms with Crippen LogP contribution in [0, 0.1) is 0 Å². The molecule has 1 heterocycles. The number of nitrogens with zero attached hydrogens (tertiary/aromatic N) is 4. The van der Waals surface area contributed by atoms with Crippen molar-refractivity contribution >= 4 is 15.4 Å². The summed E-state index contributed by atoms with van der Waals surface area (Å²) in [5.74, 6) is -0.874. The highest BCUT2D eigenvalue weighted by molar-refractivity contribution is 7.13. The van der Waals surface area contributed by atoms with E-state index in [1.807, 2.05) is 0 Å². The molecule has 1 aliphatic heterocycles. The smallest absolute Gasteiger partial charge is 0.321 e. The first-order valence-electron chi connectivity index (χ1n) is 3.43. The van der Waals surface area contributed by atoms with Gasteiger partial charge < -0.3 is 5.11 Å². The molecular weight excluding hydrogens is 179 g/mol. The highest BCUT2D eigenvalue weighted by Crippen LogP contribution is 2.23. The highest BCUT2D eigenvalue weighted by atomic mass is 31.0. The maximum atomic E-state index is 10.6. The molecule has 0 spiro atoms. The van der Waals surface area contributed by atoms with Crippen LogP contribution in [-0.4, -0.2) is 34.4 Å². The minimum atomic E-state index is -0.874. The second-order valence-electron chi connectivity index (χ2n) is 2.65. The Morgan fingerprint density at radius 2 is 2.50 bits per heavy atom. The van der Waals surface area contributed by atoms with Gasteiger partial charge in [-0.05, 0) is 12.0 Å². The van der Waals surface area contributed by atoms with Crippen molar-refractivity contribution < 1.29 is 9.90 Å². The fraction of sp³-hybridized carbons (Fsp3) is 0.800. The molecular formula is C5H9N4O2P. The van der Waals surface area contributed by atoms with E-state index in [1.165, 1.54) is 0 Å². The molecule has 0 bridgehead atoms. The molecule has 0 aliphatic carbocycles. The van der Waals surface area contributed by atoms with Crippen molar-refractivity contribution in [2.75, 3.05) is 6.54 Å². The molecule has 3 atom stereocenters. The van der Waals surface area contributed by atoms with Gasteiger partial charge in [-0.15, -0.1) is 0 Å². The van der Waals surface area contributed by atoms with Gasteiger partial charge >= 0.3 is 5.97 Å². The van der Waals surface area contributed by atoms with Crippen LogP contribution in [0.15, 0.2) is 5.11 Å². The van der Waals surface area contributed by atoms with Crippen LogP contribution in [0.1, 0.15) is 6.42 Å². The van der Waals surface area contributed by atoms with E-state index in [0.29, 0.717) is 13.0 Å². The molecule has 0 aromatic heterocycles. The zero-order valence-corrected chi connectivity index (χ0v) is 7.45. The maximum absolute atomic E-state index is 10.6. The molecule has 1 saturated heterocycles. The molecule has 7 heteroatoms. The second kappa shape index (κ2) is 3.72. The van der Waals surface area contributed by atoms with Gasteiger partial charge in [0.15, 0.2) is 0 Å². The van der Waals surface area contributed by atoms with Crippen molar-refractivity contribution in [3.8, 4) is 0 Å². The Morgan fingerprint density at radius 1 is 1.83 bits per heavy atom. The Morgan fingerprint density at radius 3 is 2.92 bits per heavy atom. The largest absolute Gasteiger partial charge is 0.480 e. The van der Waals surface area contributed by atoms with Crippen LogP contribution in [0.25, 0.3) is 10.4 Å². The zero-order valence-electron chi connectivity index (χ0n) is 6.29. The Bertz CT molecular complexity index is 240. The lowest BCUT2D eigenvalue weighted by Crippen LogP contribution is -2.28. The summed E-state index contributed by atoms with van der Waals surface area (Å²) in [4.78, 5) is 13.2. The van der Waals surface area contributed by atoms with Gasteiger partial charge in [0.1, 0.15) is 6.04 Å². The molecule has 66 valence electrons. The van der Waals surface area contributed by atoms with E-state index in [0.717, 1.165) is 0 Å². The van der Waals surface area contributed by atoms with Crippen molar-refractivity contribution in [2.24, 2.45) is 5.11 Å². The molecule has 6 nitrogen and oxygen atoms in total. The molecule has 1 rings (SSSR count). The molecule has 0 saturated carbocycles.